The fourth-order valence-electron chi connectivity index (χ4n) is 2.99. The second-order valence-electron chi connectivity index (χ2n) is 8.55. The molecule has 3 heteroatoms. The summed E-state index contributed by atoms with van der Waals surface area (Å²) >= 11 is 0. The van der Waals surface area contributed by atoms with E-state index < -0.39 is 6.10 Å². The van der Waals surface area contributed by atoms with Gasteiger partial charge in [0.15, 0.2) is 6.10 Å². The Balaban J connectivity index is 2.02. The van der Waals surface area contributed by atoms with Gasteiger partial charge in [0.2, 0.25) is 0 Å². The van der Waals surface area contributed by atoms with Gasteiger partial charge in [-0.1, -0.05) is 77.1 Å². The van der Waals surface area contributed by atoms with Crippen LogP contribution in [0.4, 0.5) is 0 Å². The molecule has 0 heterocycles. The van der Waals surface area contributed by atoms with Crippen molar-refractivity contribution in [2.75, 3.05) is 0 Å². The first-order chi connectivity index (χ1) is 12.6. The summed E-state index contributed by atoms with van der Waals surface area (Å²) in [6, 6.07) is 16.3. The van der Waals surface area contributed by atoms with E-state index in [1.165, 1.54) is 5.56 Å². The largest absolute Gasteiger partial charge is 0.481 e. The lowest BCUT2D eigenvalue weighted by atomic mass is 9.86. The molecule has 2 aromatic rings. The fraction of sp³-hybridized carbons (Fsp3) is 0.458. The third-order valence-electron chi connectivity index (χ3n) is 4.85. The molecule has 0 aliphatic carbocycles. The Morgan fingerprint density at radius 3 is 2.07 bits per heavy atom. The van der Waals surface area contributed by atoms with Crippen molar-refractivity contribution in [2.45, 2.75) is 71.9 Å². The number of carbonyl (C=O) groups is 1. The first-order valence-electron chi connectivity index (χ1n) is 9.76. The molecule has 0 aliphatic heterocycles. The summed E-state index contributed by atoms with van der Waals surface area (Å²) in [5, 5.41) is 3.06. The van der Waals surface area contributed by atoms with E-state index >= 15 is 0 Å². The van der Waals surface area contributed by atoms with Crippen LogP contribution in [-0.2, 0) is 10.2 Å². The second kappa shape index (κ2) is 8.60. The van der Waals surface area contributed by atoms with Gasteiger partial charge in [0, 0.05) is 0 Å². The number of hydrogen-bond donors (Lipinski definition) is 1. The minimum absolute atomic E-state index is 0.0714. The van der Waals surface area contributed by atoms with Crippen molar-refractivity contribution in [3.8, 4) is 5.75 Å². The average molecular weight is 368 g/mol. The van der Waals surface area contributed by atoms with Crippen LogP contribution in [0, 0.1) is 0 Å². The van der Waals surface area contributed by atoms with Gasteiger partial charge < -0.3 is 10.1 Å². The van der Waals surface area contributed by atoms with Crippen molar-refractivity contribution >= 4 is 5.91 Å². The predicted molar refractivity (Wildman–Crippen MR) is 112 cm³/mol. The van der Waals surface area contributed by atoms with Crippen LogP contribution >= 0.6 is 0 Å². The molecule has 3 nitrogen and oxygen atoms in total. The Morgan fingerprint density at radius 1 is 0.926 bits per heavy atom. The van der Waals surface area contributed by atoms with Crippen molar-refractivity contribution in [3.05, 3.63) is 65.2 Å². The molecule has 0 saturated heterocycles. The van der Waals surface area contributed by atoms with Gasteiger partial charge in [-0.2, -0.15) is 0 Å². The maximum Gasteiger partial charge on any atom is 0.261 e. The molecule has 146 valence electrons. The van der Waals surface area contributed by atoms with E-state index in [1.807, 2.05) is 31.2 Å². The van der Waals surface area contributed by atoms with Crippen LogP contribution in [0.5, 0.6) is 5.75 Å². The Hall–Kier alpha value is -2.29. The monoisotopic (exact) mass is 367 g/mol. The van der Waals surface area contributed by atoms with Crippen LogP contribution in [-0.4, -0.2) is 12.0 Å². The summed E-state index contributed by atoms with van der Waals surface area (Å²) in [5.74, 6) is 1.01. The van der Waals surface area contributed by atoms with Crippen LogP contribution in [0.1, 0.15) is 77.1 Å². The summed E-state index contributed by atoms with van der Waals surface area (Å²) in [6.45, 7) is 14.6. The molecule has 27 heavy (non-hydrogen) atoms. The van der Waals surface area contributed by atoms with E-state index in [1.54, 1.807) is 6.92 Å². The number of hydrogen-bond acceptors (Lipinski definition) is 2. The molecule has 0 unspecified atom stereocenters. The first-order valence-corrected chi connectivity index (χ1v) is 9.76. The molecule has 1 amide bonds. The molecule has 0 fully saturated rings. The highest BCUT2D eigenvalue weighted by molar-refractivity contribution is 5.81. The van der Waals surface area contributed by atoms with Crippen LogP contribution in [0.2, 0.25) is 0 Å². The molecule has 0 spiro atoms. The summed E-state index contributed by atoms with van der Waals surface area (Å²) in [6.07, 6.45) is -0.554. The Kier molecular flexibility index (Phi) is 6.69. The van der Waals surface area contributed by atoms with E-state index in [4.69, 9.17) is 4.74 Å². The quantitative estimate of drug-likeness (QED) is 0.706. The number of ether oxygens (including phenoxy) is 1. The lowest BCUT2D eigenvalue weighted by Crippen LogP contribution is -2.38. The van der Waals surface area contributed by atoms with E-state index in [-0.39, 0.29) is 17.4 Å². The highest BCUT2D eigenvalue weighted by Gasteiger charge is 2.20. The molecule has 2 rings (SSSR count). The normalized spacial score (nSPS) is 13.9. The third-order valence-corrected chi connectivity index (χ3v) is 4.85. The Labute approximate surface area is 164 Å². The smallest absolute Gasteiger partial charge is 0.261 e. The molecule has 0 aromatic heterocycles. The van der Waals surface area contributed by atoms with Gasteiger partial charge >= 0.3 is 0 Å². The second-order valence-corrected chi connectivity index (χ2v) is 8.55. The van der Waals surface area contributed by atoms with Gasteiger partial charge in [-0.05, 0) is 47.9 Å². The molecule has 2 aromatic carbocycles. The van der Waals surface area contributed by atoms with E-state index in [2.05, 4.69) is 64.2 Å². The molecule has 2 atom stereocenters. The summed E-state index contributed by atoms with van der Waals surface area (Å²) in [4.78, 5) is 12.6. The van der Waals surface area contributed by atoms with Gasteiger partial charge in [0.05, 0.1) is 6.04 Å². The molecular formula is C24H33NO2. The number of para-hydroxylation sites is 1. The van der Waals surface area contributed by atoms with Crippen molar-refractivity contribution < 1.29 is 9.53 Å². The van der Waals surface area contributed by atoms with Gasteiger partial charge in [-0.3, -0.25) is 4.79 Å². The maximum absolute atomic E-state index is 12.6. The van der Waals surface area contributed by atoms with Crippen LogP contribution < -0.4 is 10.1 Å². The number of nitrogens with one attached hydrogen (secondary N) is 1. The van der Waals surface area contributed by atoms with Gasteiger partial charge in [-0.25, -0.2) is 0 Å². The standard InChI is InChI=1S/C24H33NO2/c1-16(2)21-10-8-9-11-22(21)27-18(4)23(26)25-17(3)19-12-14-20(15-13-19)24(5,6)7/h8-18H,1-7H3,(H,25,26)/t17-,18+/m0/s1. The maximum atomic E-state index is 12.6. The minimum Gasteiger partial charge on any atom is -0.481 e. The third kappa shape index (κ3) is 5.59. The van der Waals surface area contributed by atoms with Crippen molar-refractivity contribution in [2.24, 2.45) is 0 Å². The van der Waals surface area contributed by atoms with E-state index in [0.29, 0.717) is 5.92 Å². The Bertz CT molecular complexity index is 757. The van der Waals surface area contributed by atoms with Crippen LogP contribution in [0.3, 0.4) is 0 Å². The SMILES string of the molecule is CC(C)c1ccccc1O[C@H](C)C(=O)N[C@@H](C)c1ccc(C(C)(C)C)cc1. The zero-order valence-electron chi connectivity index (χ0n) is 17.7. The Morgan fingerprint density at radius 2 is 1.52 bits per heavy atom. The minimum atomic E-state index is -0.554. The topological polar surface area (TPSA) is 38.3 Å². The highest BCUT2D eigenvalue weighted by Crippen LogP contribution is 2.27. The van der Waals surface area contributed by atoms with Crippen LogP contribution in [0.25, 0.3) is 0 Å². The molecule has 1 N–H and O–H groups in total. The molecular weight excluding hydrogens is 334 g/mol. The number of amides is 1. The lowest BCUT2D eigenvalue weighted by molar-refractivity contribution is -0.127. The average Bonchev–Trinajstić information content (AvgIpc) is 2.61. The van der Waals surface area contributed by atoms with Crippen molar-refractivity contribution in [3.63, 3.8) is 0 Å². The van der Waals surface area contributed by atoms with Gasteiger partial charge in [0.25, 0.3) is 5.91 Å². The first kappa shape index (κ1) is 21.0. The molecule has 0 bridgehead atoms. The van der Waals surface area contributed by atoms with E-state index in [9.17, 15) is 4.79 Å². The summed E-state index contributed by atoms with van der Waals surface area (Å²) in [7, 11) is 0. The van der Waals surface area contributed by atoms with Crippen molar-refractivity contribution in [1.29, 1.82) is 0 Å². The predicted octanol–water partition coefficient (Wildman–Crippen LogP) is 5.75. The van der Waals surface area contributed by atoms with Gasteiger partial charge in [-0.15, -0.1) is 0 Å². The number of benzene rings is 2. The lowest BCUT2D eigenvalue weighted by Gasteiger charge is -2.22. The summed E-state index contributed by atoms with van der Waals surface area (Å²) in [5.41, 5.74) is 3.61. The number of rotatable bonds is 6. The highest BCUT2D eigenvalue weighted by atomic mass is 16.5. The zero-order chi connectivity index (χ0) is 20.2. The molecule has 0 aliphatic rings. The van der Waals surface area contributed by atoms with Crippen molar-refractivity contribution in [1.82, 2.24) is 5.32 Å². The molecule has 0 radical (unpaired) electrons. The number of carbonyl (C=O) groups excluding carboxylic acids is 1. The molecule has 0 saturated carbocycles. The fourth-order valence-corrected chi connectivity index (χ4v) is 2.99. The zero-order valence-corrected chi connectivity index (χ0v) is 17.7. The van der Waals surface area contributed by atoms with E-state index in [0.717, 1.165) is 16.9 Å². The van der Waals surface area contributed by atoms with Crippen LogP contribution in [0.15, 0.2) is 48.5 Å². The summed E-state index contributed by atoms with van der Waals surface area (Å²) < 4.78 is 5.96. The van der Waals surface area contributed by atoms with Gasteiger partial charge in [0.1, 0.15) is 5.75 Å².